The predicted molar refractivity (Wildman–Crippen MR) is 37.0 cm³/mol. The van der Waals surface area contributed by atoms with E-state index in [2.05, 4.69) is 11.8 Å². The van der Waals surface area contributed by atoms with E-state index in [1.165, 1.54) is 0 Å². The summed E-state index contributed by atoms with van der Waals surface area (Å²) in [6, 6.07) is 0. The molecule has 6 heteroatoms. The molecule has 0 spiro atoms. The molecule has 0 heterocycles. The van der Waals surface area contributed by atoms with Gasteiger partial charge in [-0.1, -0.05) is 6.92 Å². The molecule has 0 amide bonds. The summed E-state index contributed by atoms with van der Waals surface area (Å²) < 4.78 is 0. The van der Waals surface area contributed by atoms with Crippen molar-refractivity contribution in [2.75, 3.05) is 5.75 Å². The van der Waals surface area contributed by atoms with Gasteiger partial charge >= 0.3 is 17.1 Å². The molecule has 0 unspecified atom stereocenters. The molecule has 2 nitrogen and oxygen atoms in total. The van der Waals surface area contributed by atoms with Crippen molar-refractivity contribution in [3.63, 3.8) is 0 Å². The fraction of sp³-hybridized carbons (Fsp3) is 1.00. The average Bonchev–Trinajstić information content (AvgIpc) is 1.59. The largest absolute Gasteiger partial charge is 2.00 e. The van der Waals surface area contributed by atoms with Crippen LogP contribution in [-0.4, -0.2) is 5.75 Å². The van der Waals surface area contributed by atoms with E-state index in [1.54, 1.807) is 0 Å². The van der Waals surface area contributed by atoms with E-state index in [0.29, 0.717) is 5.75 Å². The van der Waals surface area contributed by atoms with Crippen molar-refractivity contribution in [1.82, 2.24) is 0 Å². The average molecular weight is 234 g/mol. The molecular formula is C3H7CuO2PS2. The Labute approximate surface area is 74.8 Å². The van der Waals surface area contributed by atoms with Crippen LogP contribution in [0, 0.1) is 0 Å². The molecule has 0 bridgehead atoms. The van der Waals surface area contributed by atoms with Gasteiger partial charge in [0.2, 0.25) is 0 Å². The monoisotopic (exact) mass is 233 g/mol. The van der Waals surface area contributed by atoms with Crippen molar-refractivity contribution >= 4 is 28.9 Å². The molecule has 0 atom stereocenters. The minimum Gasteiger partial charge on any atom is -0.825 e. The van der Waals surface area contributed by atoms with Gasteiger partial charge in [0, 0.05) is 0 Å². The Balaban J connectivity index is 0. The van der Waals surface area contributed by atoms with E-state index in [1.807, 2.05) is 6.92 Å². The predicted octanol–water partition coefficient (Wildman–Crippen LogP) is 0.0722. The Kier molecular flexibility index (Phi) is 8.95. The number of hydrogen-bond acceptors (Lipinski definition) is 4. The molecule has 1 radical (unpaired) electrons. The molecule has 0 fully saturated rings. The molecule has 9 heavy (non-hydrogen) atoms. The third kappa shape index (κ3) is 12.6. The quantitative estimate of drug-likeness (QED) is 0.512. The third-order valence-corrected chi connectivity index (χ3v) is 3.81. The van der Waals surface area contributed by atoms with Crippen LogP contribution < -0.4 is 9.79 Å². The molecule has 0 saturated heterocycles. The van der Waals surface area contributed by atoms with Crippen molar-refractivity contribution in [3.8, 4) is 0 Å². The van der Waals surface area contributed by atoms with Gasteiger partial charge in [0.15, 0.2) is 0 Å². The van der Waals surface area contributed by atoms with Gasteiger partial charge < -0.3 is 9.79 Å². The first kappa shape index (κ1) is 13.1. The first-order valence-corrected chi connectivity index (χ1v) is 6.45. The number of rotatable bonds is 3. The van der Waals surface area contributed by atoms with E-state index in [-0.39, 0.29) is 17.1 Å². The van der Waals surface area contributed by atoms with Gasteiger partial charge in [-0.15, -0.1) is 11.8 Å². The molecular weight excluding hydrogens is 227 g/mol. The van der Waals surface area contributed by atoms with Gasteiger partial charge in [0.05, 0.1) is 0 Å². The summed E-state index contributed by atoms with van der Waals surface area (Å²) in [7, 11) is 0. The minimum absolute atomic E-state index is 0. The second-order valence-corrected chi connectivity index (χ2v) is 7.19. The molecule has 0 aliphatic heterocycles. The van der Waals surface area contributed by atoms with Crippen LogP contribution in [0.2, 0.25) is 0 Å². The SMILES string of the molecule is CCCSP([O-])([O-])=S.[Cu+2]. The second kappa shape index (κ2) is 6.17. The van der Waals surface area contributed by atoms with Crippen LogP contribution in [0.4, 0.5) is 0 Å². The molecule has 0 aromatic heterocycles. The maximum absolute atomic E-state index is 10.2. The fourth-order valence-electron chi connectivity index (χ4n) is 0.203. The second-order valence-electron chi connectivity index (χ2n) is 1.28. The molecule has 0 aliphatic carbocycles. The van der Waals surface area contributed by atoms with Crippen molar-refractivity contribution in [1.29, 1.82) is 0 Å². The molecule has 0 saturated carbocycles. The molecule has 0 N–H and O–H groups in total. The van der Waals surface area contributed by atoms with Crippen molar-refractivity contribution in [3.05, 3.63) is 0 Å². The first-order valence-electron chi connectivity index (χ1n) is 2.23. The third-order valence-electron chi connectivity index (χ3n) is 0.454. The summed E-state index contributed by atoms with van der Waals surface area (Å²) in [5.41, 5.74) is -3.43. The molecule has 0 aliphatic rings. The summed E-state index contributed by atoms with van der Waals surface area (Å²) in [5.74, 6) is 0.615. The fourth-order valence-corrected chi connectivity index (χ4v) is 2.50. The van der Waals surface area contributed by atoms with E-state index < -0.39 is 5.69 Å². The van der Waals surface area contributed by atoms with Gasteiger partial charge in [0.1, 0.15) is 0 Å². The summed E-state index contributed by atoms with van der Waals surface area (Å²) in [4.78, 5) is 20.4. The maximum Gasteiger partial charge on any atom is 2.00 e. The smallest absolute Gasteiger partial charge is 0.825 e. The van der Waals surface area contributed by atoms with Crippen molar-refractivity contribution in [2.45, 2.75) is 13.3 Å². The zero-order chi connectivity index (χ0) is 6.62. The zero-order valence-corrected chi connectivity index (χ0v) is 8.27. The van der Waals surface area contributed by atoms with E-state index >= 15 is 0 Å². The summed E-state index contributed by atoms with van der Waals surface area (Å²) in [6.45, 7) is 1.91. The Bertz CT molecular complexity index is 104. The standard InChI is InChI=1S/C3H9O2PS2.Cu/c1-2-3-8-6(4,5)7;/h2-3H2,1H3,(H2,4,5,7);/q;+2/p-2. The van der Waals surface area contributed by atoms with E-state index in [9.17, 15) is 9.79 Å². The van der Waals surface area contributed by atoms with Crippen LogP contribution in [0.15, 0.2) is 0 Å². The summed E-state index contributed by atoms with van der Waals surface area (Å²) >= 11 is 4.96. The van der Waals surface area contributed by atoms with Gasteiger partial charge in [-0.05, 0) is 12.2 Å². The molecule has 0 aromatic carbocycles. The Hall–Kier alpha value is 1.44. The van der Waals surface area contributed by atoms with Crippen LogP contribution in [0.3, 0.4) is 0 Å². The van der Waals surface area contributed by atoms with Crippen LogP contribution in [-0.2, 0) is 28.9 Å². The first-order chi connectivity index (χ1) is 3.56. The van der Waals surface area contributed by atoms with E-state index in [4.69, 9.17) is 0 Å². The summed E-state index contributed by atoms with van der Waals surface area (Å²) in [6.07, 6.45) is 0.855. The molecule has 0 rings (SSSR count). The Morgan fingerprint density at radius 1 is 1.56 bits per heavy atom. The van der Waals surface area contributed by atoms with Crippen LogP contribution in [0.1, 0.15) is 13.3 Å². The maximum atomic E-state index is 10.2. The number of hydrogen-bond donors (Lipinski definition) is 0. The molecule has 59 valence electrons. The Morgan fingerprint density at radius 3 is 2.11 bits per heavy atom. The minimum atomic E-state index is -3.43. The van der Waals surface area contributed by atoms with Gasteiger partial charge in [-0.2, -0.15) is 17.1 Å². The van der Waals surface area contributed by atoms with Crippen molar-refractivity contribution < 1.29 is 26.9 Å². The van der Waals surface area contributed by atoms with Crippen LogP contribution >= 0.6 is 17.1 Å². The molecule has 0 aromatic rings. The van der Waals surface area contributed by atoms with Crippen LogP contribution in [0.5, 0.6) is 0 Å². The Morgan fingerprint density at radius 2 is 2.00 bits per heavy atom. The summed E-state index contributed by atoms with van der Waals surface area (Å²) in [5, 5.41) is 0. The van der Waals surface area contributed by atoms with Gasteiger partial charge in [-0.3, -0.25) is 0 Å². The van der Waals surface area contributed by atoms with E-state index in [0.717, 1.165) is 17.8 Å². The van der Waals surface area contributed by atoms with Crippen LogP contribution in [0.25, 0.3) is 0 Å². The van der Waals surface area contributed by atoms with Gasteiger partial charge in [-0.25, -0.2) is 0 Å². The topological polar surface area (TPSA) is 46.1 Å². The normalized spacial score (nSPS) is 10.6. The zero-order valence-electron chi connectivity index (χ0n) is 4.80. The van der Waals surface area contributed by atoms with Gasteiger partial charge in [0.25, 0.3) is 0 Å². The van der Waals surface area contributed by atoms with Crippen molar-refractivity contribution in [2.24, 2.45) is 0 Å².